The lowest BCUT2D eigenvalue weighted by Gasteiger charge is -2.06. The standard InChI is InChI=1S/C12H9BrN2O/c13-8-4-5-11(16)9(7-8)12(14)10-3-1-2-6-15-10/h1-7,14,16H. The number of halogens is 1. The third-order valence-corrected chi connectivity index (χ3v) is 2.64. The molecule has 1 aromatic heterocycles. The molecule has 2 rings (SSSR count). The summed E-state index contributed by atoms with van der Waals surface area (Å²) in [7, 11) is 0. The molecule has 0 bridgehead atoms. The van der Waals surface area contributed by atoms with Gasteiger partial charge in [0.1, 0.15) is 5.75 Å². The van der Waals surface area contributed by atoms with Crippen LogP contribution in [0.1, 0.15) is 11.3 Å². The minimum atomic E-state index is 0.0823. The predicted molar refractivity (Wildman–Crippen MR) is 66.0 cm³/mol. The fraction of sp³-hybridized carbons (Fsp3) is 0. The van der Waals surface area contributed by atoms with Crippen LogP contribution in [-0.2, 0) is 0 Å². The summed E-state index contributed by atoms with van der Waals surface area (Å²) in [5.74, 6) is 0.0823. The number of aromatic nitrogens is 1. The van der Waals surface area contributed by atoms with Gasteiger partial charge in [0.25, 0.3) is 0 Å². The van der Waals surface area contributed by atoms with Gasteiger partial charge in [-0.2, -0.15) is 0 Å². The van der Waals surface area contributed by atoms with Gasteiger partial charge in [0.2, 0.25) is 0 Å². The zero-order valence-corrected chi connectivity index (χ0v) is 9.90. The second-order valence-electron chi connectivity index (χ2n) is 3.25. The third kappa shape index (κ3) is 2.12. The minimum absolute atomic E-state index is 0.0823. The molecular weight excluding hydrogens is 268 g/mol. The molecule has 0 saturated carbocycles. The molecule has 80 valence electrons. The van der Waals surface area contributed by atoms with Gasteiger partial charge in [0.05, 0.1) is 11.4 Å². The van der Waals surface area contributed by atoms with Crippen molar-refractivity contribution in [1.29, 1.82) is 5.41 Å². The van der Waals surface area contributed by atoms with Crippen molar-refractivity contribution in [3.05, 3.63) is 58.3 Å². The molecule has 0 aliphatic carbocycles. The van der Waals surface area contributed by atoms with Gasteiger partial charge >= 0.3 is 0 Å². The van der Waals surface area contributed by atoms with Gasteiger partial charge < -0.3 is 5.11 Å². The van der Waals surface area contributed by atoms with Crippen LogP contribution in [0, 0.1) is 5.41 Å². The monoisotopic (exact) mass is 276 g/mol. The van der Waals surface area contributed by atoms with E-state index in [1.165, 1.54) is 0 Å². The average molecular weight is 277 g/mol. The molecule has 0 radical (unpaired) electrons. The van der Waals surface area contributed by atoms with Crippen molar-refractivity contribution in [2.45, 2.75) is 0 Å². The number of rotatable bonds is 2. The van der Waals surface area contributed by atoms with Crippen molar-refractivity contribution in [1.82, 2.24) is 4.98 Å². The molecule has 2 aromatic rings. The van der Waals surface area contributed by atoms with Crippen molar-refractivity contribution in [3.8, 4) is 5.75 Å². The summed E-state index contributed by atoms with van der Waals surface area (Å²) >= 11 is 3.31. The molecule has 0 saturated heterocycles. The lowest BCUT2D eigenvalue weighted by atomic mass is 10.1. The molecule has 0 aliphatic rings. The molecule has 3 nitrogen and oxygen atoms in total. The second-order valence-corrected chi connectivity index (χ2v) is 4.17. The van der Waals surface area contributed by atoms with Crippen LogP contribution in [-0.4, -0.2) is 15.8 Å². The summed E-state index contributed by atoms with van der Waals surface area (Å²) in [6, 6.07) is 10.3. The van der Waals surface area contributed by atoms with Gasteiger partial charge in [-0.15, -0.1) is 0 Å². The highest BCUT2D eigenvalue weighted by molar-refractivity contribution is 9.10. The van der Waals surface area contributed by atoms with Crippen LogP contribution in [0.3, 0.4) is 0 Å². The molecule has 0 amide bonds. The molecule has 0 fully saturated rings. The largest absolute Gasteiger partial charge is 0.507 e. The Bertz CT molecular complexity index is 526. The molecule has 1 aromatic carbocycles. The quantitative estimate of drug-likeness (QED) is 0.829. The normalized spacial score (nSPS) is 10.1. The first-order valence-electron chi connectivity index (χ1n) is 4.67. The summed E-state index contributed by atoms with van der Waals surface area (Å²) in [4.78, 5) is 4.07. The fourth-order valence-electron chi connectivity index (χ4n) is 1.36. The Balaban J connectivity index is 2.46. The predicted octanol–water partition coefficient (Wildman–Crippen LogP) is 2.97. The van der Waals surface area contributed by atoms with Crippen LogP contribution in [0.4, 0.5) is 0 Å². The van der Waals surface area contributed by atoms with Crippen LogP contribution in [0.15, 0.2) is 47.1 Å². The first kappa shape index (κ1) is 10.8. The first-order valence-corrected chi connectivity index (χ1v) is 5.46. The number of nitrogens with one attached hydrogen (secondary N) is 1. The van der Waals surface area contributed by atoms with E-state index in [9.17, 15) is 5.11 Å². The van der Waals surface area contributed by atoms with Crippen LogP contribution < -0.4 is 0 Å². The van der Waals surface area contributed by atoms with Crippen LogP contribution in [0.25, 0.3) is 0 Å². The molecule has 1 heterocycles. The van der Waals surface area contributed by atoms with Gasteiger partial charge in [0, 0.05) is 16.2 Å². The van der Waals surface area contributed by atoms with E-state index in [4.69, 9.17) is 5.41 Å². The van der Waals surface area contributed by atoms with E-state index < -0.39 is 0 Å². The Morgan fingerprint density at radius 2 is 2.06 bits per heavy atom. The molecule has 2 N–H and O–H groups in total. The van der Waals surface area contributed by atoms with Gasteiger partial charge in [-0.3, -0.25) is 10.4 Å². The summed E-state index contributed by atoms with van der Waals surface area (Å²) in [5.41, 5.74) is 1.21. The fourth-order valence-corrected chi connectivity index (χ4v) is 1.72. The summed E-state index contributed by atoms with van der Waals surface area (Å²) in [5, 5.41) is 17.6. The SMILES string of the molecule is N=C(c1ccccn1)c1cc(Br)ccc1O. The molecule has 0 spiro atoms. The van der Waals surface area contributed by atoms with E-state index in [0.29, 0.717) is 11.3 Å². The maximum Gasteiger partial charge on any atom is 0.125 e. The second kappa shape index (κ2) is 4.45. The highest BCUT2D eigenvalue weighted by Gasteiger charge is 2.10. The highest BCUT2D eigenvalue weighted by Crippen LogP contribution is 2.23. The van der Waals surface area contributed by atoms with Crippen molar-refractivity contribution in [2.75, 3.05) is 0 Å². The Morgan fingerprint density at radius 1 is 1.25 bits per heavy atom. The Morgan fingerprint density at radius 3 is 2.75 bits per heavy atom. The van der Waals surface area contributed by atoms with Gasteiger partial charge in [-0.05, 0) is 30.3 Å². The number of phenolic OH excluding ortho intramolecular Hbond substituents is 1. The topological polar surface area (TPSA) is 57.0 Å². The maximum atomic E-state index is 9.68. The van der Waals surface area contributed by atoms with Crippen LogP contribution in [0.2, 0.25) is 0 Å². The molecule has 16 heavy (non-hydrogen) atoms. The minimum Gasteiger partial charge on any atom is -0.507 e. The molecule has 0 unspecified atom stereocenters. The highest BCUT2D eigenvalue weighted by atomic mass is 79.9. The van der Waals surface area contributed by atoms with E-state index in [-0.39, 0.29) is 11.5 Å². The number of pyridine rings is 1. The van der Waals surface area contributed by atoms with Gasteiger partial charge in [-0.1, -0.05) is 22.0 Å². The average Bonchev–Trinajstić information content (AvgIpc) is 2.32. The number of hydrogen-bond acceptors (Lipinski definition) is 3. The zero-order chi connectivity index (χ0) is 11.5. The van der Waals surface area contributed by atoms with E-state index in [1.54, 1.807) is 36.5 Å². The van der Waals surface area contributed by atoms with Crippen molar-refractivity contribution >= 4 is 21.6 Å². The van der Waals surface area contributed by atoms with Crippen molar-refractivity contribution < 1.29 is 5.11 Å². The lowest BCUT2D eigenvalue weighted by molar-refractivity contribution is 0.474. The van der Waals surface area contributed by atoms with Crippen molar-refractivity contribution in [2.24, 2.45) is 0 Å². The smallest absolute Gasteiger partial charge is 0.125 e. The number of hydrogen-bond donors (Lipinski definition) is 2. The van der Waals surface area contributed by atoms with Gasteiger partial charge in [0.15, 0.2) is 0 Å². The van der Waals surface area contributed by atoms with Crippen LogP contribution >= 0.6 is 15.9 Å². The zero-order valence-electron chi connectivity index (χ0n) is 8.31. The number of nitrogens with zero attached hydrogens (tertiary/aromatic N) is 1. The molecule has 4 heteroatoms. The maximum absolute atomic E-state index is 9.68. The van der Waals surface area contributed by atoms with E-state index >= 15 is 0 Å². The summed E-state index contributed by atoms with van der Waals surface area (Å²) in [6.07, 6.45) is 1.62. The summed E-state index contributed by atoms with van der Waals surface area (Å²) < 4.78 is 0.820. The third-order valence-electron chi connectivity index (χ3n) is 2.15. The van der Waals surface area contributed by atoms with Crippen LogP contribution in [0.5, 0.6) is 5.75 Å². The Labute approximate surface area is 101 Å². The lowest BCUT2D eigenvalue weighted by Crippen LogP contribution is -2.03. The number of phenols is 1. The Hall–Kier alpha value is -1.68. The van der Waals surface area contributed by atoms with E-state index in [2.05, 4.69) is 20.9 Å². The summed E-state index contributed by atoms with van der Waals surface area (Å²) in [6.45, 7) is 0. The first-order chi connectivity index (χ1) is 7.68. The molecule has 0 aliphatic heterocycles. The molecule has 0 atom stereocenters. The number of aromatic hydroxyl groups is 1. The van der Waals surface area contributed by atoms with Crippen molar-refractivity contribution in [3.63, 3.8) is 0 Å². The Kier molecular flexibility index (Phi) is 3.01. The number of benzene rings is 1. The van der Waals surface area contributed by atoms with Gasteiger partial charge in [-0.25, -0.2) is 0 Å². The molecular formula is C12H9BrN2O. The van der Waals surface area contributed by atoms with E-state index in [1.807, 2.05) is 6.07 Å². The van der Waals surface area contributed by atoms with E-state index in [0.717, 1.165) is 4.47 Å².